The molecule has 1 amide bonds. The number of hydrogen-bond donors (Lipinski definition) is 1. The molecule has 2 aliphatic rings. The summed E-state index contributed by atoms with van der Waals surface area (Å²) in [5.74, 6) is 0.0890. The minimum absolute atomic E-state index is 0. The van der Waals surface area contributed by atoms with Crippen LogP contribution in [0.4, 0.5) is 10.8 Å². The maximum Gasteiger partial charge on any atom is 0.263 e. The Morgan fingerprint density at radius 2 is 1.74 bits per heavy atom. The van der Waals surface area contributed by atoms with Crippen molar-refractivity contribution in [2.45, 2.75) is 30.3 Å². The van der Waals surface area contributed by atoms with Gasteiger partial charge < -0.3 is 4.90 Å². The summed E-state index contributed by atoms with van der Waals surface area (Å²) in [5, 5.41) is 2.03. The third kappa shape index (κ3) is 5.11. The third-order valence-corrected chi connectivity index (χ3v) is 9.08. The van der Waals surface area contributed by atoms with Crippen molar-refractivity contribution in [1.82, 2.24) is 14.8 Å². The Morgan fingerprint density at radius 3 is 2.40 bits per heavy atom. The minimum Gasteiger partial charge on any atom is -0.311 e. The van der Waals surface area contributed by atoms with E-state index in [1.807, 2.05) is 6.07 Å². The second-order valence-electron chi connectivity index (χ2n) is 8.89. The van der Waals surface area contributed by atoms with Crippen LogP contribution in [0.2, 0.25) is 0 Å². The molecular formula is C25H33N5O3S2. The summed E-state index contributed by atoms with van der Waals surface area (Å²) in [6.45, 7) is 6.45. The predicted molar refractivity (Wildman–Crippen MR) is 142 cm³/mol. The molecule has 0 unspecified atom stereocenters. The number of carbonyl (C=O) groups is 1. The molecule has 35 heavy (non-hydrogen) atoms. The monoisotopic (exact) mass is 515 g/mol. The van der Waals surface area contributed by atoms with Crippen molar-refractivity contribution in [3.63, 3.8) is 0 Å². The molecule has 2 fully saturated rings. The number of piperazine rings is 1. The average Bonchev–Trinajstić information content (AvgIpc) is 3.53. The van der Waals surface area contributed by atoms with Crippen molar-refractivity contribution < 1.29 is 16.1 Å². The zero-order valence-electron chi connectivity index (χ0n) is 19.6. The number of benzene rings is 2. The van der Waals surface area contributed by atoms with Crippen LogP contribution < -0.4 is 9.62 Å². The molecule has 2 atom stereocenters. The SMILES string of the molecule is C[C@@H](c1ccccc1)N1CCN([C@H]2CCN(c3ccc(S(=O)(=O)Nc4nccs4)cc3)C2=O)CC1.[HH].[HH]. The quantitative estimate of drug-likeness (QED) is 0.513. The molecule has 2 aromatic carbocycles. The number of anilines is 2. The molecule has 0 aliphatic carbocycles. The first-order chi connectivity index (χ1) is 16.9. The lowest BCUT2D eigenvalue weighted by atomic mass is 10.1. The van der Waals surface area contributed by atoms with Gasteiger partial charge in [-0.3, -0.25) is 19.3 Å². The van der Waals surface area contributed by atoms with Gasteiger partial charge in [0.25, 0.3) is 10.0 Å². The Kier molecular flexibility index (Phi) is 6.88. The lowest BCUT2D eigenvalue weighted by Crippen LogP contribution is -2.52. The van der Waals surface area contributed by atoms with Crippen molar-refractivity contribution in [1.29, 1.82) is 0 Å². The van der Waals surface area contributed by atoms with Crippen LogP contribution in [0.15, 0.2) is 71.1 Å². The molecule has 0 bridgehead atoms. The summed E-state index contributed by atoms with van der Waals surface area (Å²) in [7, 11) is -3.72. The van der Waals surface area contributed by atoms with E-state index in [4.69, 9.17) is 0 Å². The largest absolute Gasteiger partial charge is 0.311 e. The highest BCUT2D eigenvalue weighted by Gasteiger charge is 2.38. The second-order valence-corrected chi connectivity index (χ2v) is 11.5. The highest BCUT2D eigenvalue weighted by atomic mass is 32.2. The molecule has 3 heterocycles. The fraction of sp³-hybridized carbons (Fsp3) is 0.360. The van der Waals surface area contributed by atoms with Crippen LogP contribution in [0.25, 0.3) is 0 Å². The number of sulfonamides is 1. The first-order valence-electron chi connectivity index (χ1n) is 11.8. The summed E-state index contributed by atoms with van der Waals surface area (Å²) in [4.78, 5) is 23.9. The van der Waals surface area contributed by atoms with Gasteiger partial charge in [0.05, 0.1) is 10.9 Å². The van der Waals surface area contributed by atoms with E-state index in [-0.39, 0.29) is 19.7 Å². The van der Waals surface area contributed by atoms with E-state index < -0.39 is 10.0 Å². The summed E-state index contributed by atoms with van der Waals surface area (Å²) >= 11 is 1.22. The first kappa shape index (κ1) is 23.9. The molecular weight excluding hydrogens is 482 g/mol. The number of aromatic nitrogens is 1. The summed E-state index contributed by atoms with van der Waals surface area (Å²) < 4.78 is 27.6. The number of hydrogen-bond acceptors (Lipinski definition) is 7. The summed E-state index contributed by atoms with van der Waals surface area (Å²) in [6, 6.07) is 17.2. The number of nitrogens with one attached hydrogen (secondary N) is 1. The van der Waals surface area contributed by atoms with E-state index in [0.717, 1.165) is 38.3 Å². The van der Waals surface area contributed by atoms with Crippen molar-refractivity contribution in [3.05, 3.63) is 71.7 Å². The predicted octanol–water partition coefficient (Wildman–Crippen LogP) is 3.92. The summed E-state index contributed by atoms with van der Waals surface area (Å²) in [5.41, 5.74) is 2.04. The van der Waals surface area contributed by atoms with Gasteiger partial charge in [-0.05, 0) is 43.2 Å². The number of carbonyl (C=O) groups excluding carboxylic acids is 1. The van der Waals surface area contributed by atoms with Crippen LogP contribution in [0.3, 0.4) is 0 Å². The number of nitrogens with zero attached hydrogens (tertiary/aromatic N) is 4. The molecule has 2 aliphatic heterocycles. The van der Waals surface area contributed by atoms with Gasteiger partial charge in [0.2, 0.25) is 5.91 Å². The van der Waals surface area contributed by atoms with Crippen LogP contribution in [-0.2, 0) is 14.8 Å². The van der Waals surface area contributed by atoms with Crippen LogP contribution in [0.1, 0.15) is 27.8 Å². The van der Waals surface area contributed by atoms with Gasteiger partial charge in [0.15, 0.2) is 5.13 Å². The number of amides is 1. The molecule has 0 saturated carbocycles. The fourth-order valence-corrected chi connectivity index (χ4v) is 6.68. The van der Waals surface area contributed by atoms with Crippen LogP contribution in [-0.4, -0.2) is 67.9 Å². The van der Waals surface area contributed by atoms with Crippen molar-refractivity contribution in [2.75, 3.05) is 42.3 Å². The molecule has 0 spiro atoms. The Labute approximate surface area is 213 Å². The van der Waals surface area contributed by atoms with E-state index in [9.17, 15) is 13.2 Å². The van der Waals surface area contributed by atoms with Crippen molar-refractivity contribution in [2.24, 2.45) is 0 Å². The molecule has 2 saturated heterocycles. The standard InChI is InChI=1S/C25H29N5O3S2.2H2/c1-19(20-5-3-2-4-6-20)28-14-16-29(17-15-28)23-11-13-30(24(23)31)21-7-9-22(10-8-21)35(32,33)27-25-26-12-18-34-25;;/h2-10,12,18-19,23H,11,13-17H2,1H3,(H,26,27);2*1H/t19-,23-;;/m0../s1. The highest BCUT2D eigenvalue weighted by Crippen LogP contribution is 2.28. The molecule has 1 aromatic heterocycles. The summed E-state index contributed by atoms with van der Waals surface area (Å²) in [6.07, 6.45) is 2.32. The Morgan fingerprint density at radius 1 is 1.03 bits per heavy atom. The minimum atomic E-state index is -3.72. The first-order valence-corrected chi connectivity index (χ1v) is 14.2. The number of rotatable bonds is 7. The van der Waals surface area contributed by atoms with Crippen LogP contribution >= 0.6 is 11.3 Å². The van der Waals surface area contributed by atoms with E-state index in [1.54, 1.807) is 28.6 Å². The van der Waals surface area contributed by atoms with E-state index in [0.29, 0.717) is 17.7 Å². The van der Waals surface area contributed by atoms with E-state index in [1.165, 1.54) is 29.0 Å². The molecule has 5 rings (SSSR count). The lowest BCUT2D eigenvalue weighted by Gasteiger charge is -2.40. The fourth-order valence-electron chi connectivity index (χ4n) is 4.89. The Hall–Kier alpha value is -2.79. The van der Waals surface area contributed by atoms with Gasteiger partial charge >= 0.3 is 0 Å². The molecule has 0 radical (unpaired) electrons. The zero-order chi connectivity index (χ0) is 24.4. The topological polar surface area (TPSA) is 85.8 Å². The van der Waals surface area contributed by atoms with Gasteiger partial charge in [-0.1, -0.05) is 30.3 Å². The normalized spacial score (nSPS) is 20.8. The lowest BCUT2D eigenvalue weighted by molar-refractivity contribution is -0.122. The maximum atomic E-state index is 13.3. The van der Waals surface area contributed by atoms with Gasteiger partial charge in [-0.25, -0.2) is 13.4 Å². The molecule has 10 heteroatoms. The van der Waals surface area contributed by atoms with Gasteiger partial charge in [0, 0.05) is 58.9 Å². The third-order valence-electron chi connectivity index (χ3n) is 6.91. The van der Waals surface area contributed by atoms with Gasteiger partial charge in [-0.15, -0.1) is 11.3 Å². The van der Waals surface area contributed by atoms with Crippen molar-refractivity contribution in [3.8, 4) is 0 Å². The van der Waals surface area contributed by atoms with Crippen LogP contribution in [0, 0.1) is 0 Å². The Balaban J connectivity index is 0.00000190. The van der Waals surface area contributed by atoms with Gasteiger partial charge in [-0.2, -0.15) is 0 Å². The molecule has 188 valence electrons. The number of thiazole rings is 1. The van der Waals surface area contributed by atoms with Crippen molar-refractivity contribution >= 4 is 38.1 Å². The van der Waals surface area contributed by atoms with E-state index >= 15 is 0 Å². The zero-order valence-corrected chi connectivity index (χ0v) is 21.2. The molecule has 8 nitrogen and oxygen atoms in total. The molecule has 1 N–H and O–H groups in total. The van der Waals surface area contributed by atoms with Gasteiger partial charge in [0.1, 0.15) is 0 Å². The maximum absolute atomic E-state index is 13.3. The van der Waals surface area contributed by atoms with E-state index in [2.05, 4.69) is 50.7 Å². The highest BCUT2D eigenvalue weighted by molar-refractivity contribution is 7.93. The van der Waals surface area contributed by atoms with Crippen LogP contribution in [0.5, 0.6) is 0 Å². The Bertz CT molecular complexity index is 1250. The molecule has 3 aromatic rings. The average molecular weight is 516 g/mol. The smallest absolute Gasteiger partial charge is 0.263 e. The second kappa shape index (κ2) is 10.1.